The van der Waals surface area contributed by atoms with E-state index in [2.05, 4.69) is 0 Å². The Morgan fingerprint density at radius 2 is 1.44 bits per heavy atom. The molecule has 0 aliphatic carbocycles. The van der Waals surface area contributed by atoms with Gasteiger partial charge in [-0.1, -0.05) is 24.3 Å². The van der Waals surface area contributed by atoms with Crippen molar-refractivity contribution in [1.82, 2.24) is 5.06 Å². The Hall–Kier alpha value is -2.08. The molecule has 0 radical (unpaired) electrons. The van der Waals surface area contributed by atoms with Crippen molar-refractivity contribution in [2.24, 2.45) is 0 Å². The maximum atomic E-state index is 12.4. The van der Waals surface area contributed by atoms with Crippen LogP contribution in [0.2, 0.25) is 0 Å². The Labute approximate surface area is 151 Å². The fourth-order valence-corrected chi connectivity index (χ4v) is 3.47. The third-order valence-electron chi connectivity index (χ3n) is 4.54. The van der Waals surface area contributed by atoms with Crippen LogP contribution >= 0.6 is 11.6 Å². The van der Waals surface area contributed by atoms with Gasteiger partial charge < -0.3 is 14.7 Å². The van der Waals surface area contributed by atoms with Gasteiger partial charge in [-0.3, -0.25) is 4.79 Å². The predicted octanol–water partition coefficient (Wildman–Crippen LogP) is 3.76. The molecule has 1 N–H and O–H groups in total. The lowest BCUT2D eigenvalue weighted by molar-refractivity contribution is -0.184. The average Bonchev–Trinajstić information content (AvgIpc) is 2.65. The maximum Gasteiger partial charge on any atom is 0.154 e. The number of benzene rings is 2. The normalized spacial score (nSPS) is 24.2. The zero-order valence-electron chi connectivity index (χ0n) is 14.1. The largest absolute Gasteiger partial charge is 0.497 e. The molecule has 0 aromatic heterocycles. The fourth-order valence-electron chi connectivity index (χ4n) is 3.12. The van der Waals surface area contributed by atoms with Gasteiger partial charge in [-0.2, -0.15) is 5.06 Å². The molecule has 1 saturated heterocycles. The molecule has 1 aliphatic rings. The fraction of sp³-hybridized carbons (Fsp3) is 0.316. The number of methoxy groups -OCH3 is 2. The molecular formula is C19H20ClNO4. The summed E-state index contributed by atoms with van der Waals surface area (Å²) in [6.07, 6.45) is 0.156. The molecule has 132 valence electrons. The Morgan fingerprint density at radius 1 is 0.960 bits per heavy atom. The van der Waals surface area contributed by atoms with E-state index < -0.39 is 17.5 Å². The smallest absolute Gasteiger partial charge is 0.154 e. The maximum absolute atomic E-state index is 12.4. The molecule has 0 spiro atoms. The number of alkyl halides is 1. The zero-order chi connectivity index (χ0) is 18.0. The molecule has 3 atom stereocenters. The van der Waals surface area contributed by atoms with E-state index in [1.807, 2.05) is 36.4 Å². The van der Waals surface area contributed by atoms with Gasteiger partial charge in [0.1, 0.15) is 16.9 Å². The minimum absolute atomic E-state index is 0.0893. The monoisotopic (exact) mass is 361 g/mol. The second-order valence-electron chi connectivity index (χ2n) is 5.96. The van der Waals surface area contributed by atoms with Gasteiger partial charge in [-0.05, 0) is 35.4 Å². The molecule has 5 nitrogen and oxygen atoms in total. The highest BCUT2D eigenvalue weighted by Gasteiger charge is 2.42. The number of hydrogen-bond donors (Lipinski definition) is 1. The van der Waals surface area contributed by atoms with E-state index in [1.54, 1.807) is 26.4 Å². The molecule has 2 aromatic carbocycles. The molecule has 3 unspecified atom stereocenters. The summed E-state index contributed by atoms with van der Waals surface area (Å²) < 4.78 is 10.3. The van der Waals surface area contributed by atoms with Crippen LogP contribution in [0.1, 0.15) is 29.6 Å². The summed E-state index contributed by atoms with van der Waals surface area (Å²) in [7, 11) is 3.18. The lowest BCUT2D eigenvalue weighted by Crippen LogP contribution is -2.44. The molecule has 1 heterocycles. The van der Waals surface area contributed by atoms with E-state index in [0.29, 0.717) is 5.75 Å². The minimum atomic E-state index is -0.812. The van der Waals surface area contributed by atoms with Crippen LogP contribution in [-0.2, 0) is 4.79 Å². The van der Waals surface area contributed by atoms with Gasteiger partial charge in [-0.25, -0.2) is 0 Å². The average molecular weight is 362 g/mol. The van der Waals surface area contributed by atoms with Crippen LogP contribution in [0, 0.1) is 0 Å². The van der Waals surface area contributed by atoms with Crippen LogP contribution in [0.3, 0.4) is 0 Å². The molecule has 0 bridgehead atoms. The van der Waals surface area contributed by atoms with Crippen molar-refractivity contribution >= 4 is 17.4 Å². The second-order valence-corrected chi connectivity index (χ2v) is 6.43. The number of hydrogen-bond acceptors (Lipinski definition) is 5. The Morgan fingerprint density at radius 3 is 1.92 bits per heavy atom. The summed E-state index contributed by atoms with van der Waals surface area (Å²) in [6.45, 7) is 0. The van der Waals surface area contributed by atoms with Gasteiger partial charge >= 0.3 is 0 Å². The van der Waals surface area contributed by atoms with E-state index >= 15 is 0 Å². The highest BCUT2D eigenvalue weighted by Crippen LogP contribution is 2.41. The summed E-state index contributed by atoms with van der Waals surface area (Å²) in [5.74, 6) is 1.33. The van der Waals surface area contributed by atoms with Gasteiger partial charge in [0.15, 0.2) is 5.78 Å². The Balaban J connectivity index is 1.92. The number of hydroxylamine groups is 2. The molecule has 6 heteroatoms. The lowest BCUT2D eigenvalue weighted by Gasteiger charge is -2.40. The van der Waals surface area contributed by atoms with E-state index in [4.69, 9.17) is 21.1 Å². The number of rotatable bonds is 4. The lowest BCUT2D eigenvalue weighted by atomic mass is 9.88. The molecule has 0 saturated carbocycles. The van der Waals surface area contributed by atoms with Crippen molar-refractivity contribution in [2.75, 3.05) is 14.2 Å². The summed E-state index contributed by atoms with van der Waals surface area (Å²) in [6, 6.07) is 13.4. The van der Waals surface area contributed by atoms with Gasteiger partial charge in [0, 0.05) is 6.42 Å². The number of halogens is 1. The minimum Gasteiger partial charge on any atom is -0.497 e. The van der Waals surface area contributed by atoms with Gasteiger partial charge in [0.25, 0.3) is 0 Å². The number of carbonyl (C=O) groups is 1. The van der Waals surface area contributed by atoms with Crippen LogP contribution in [0.15, 0.2) is 48.5 Å². The van der Waals surface area contributed by atoms with E-state index in [0.717, 1.165) is 16.9 Å². The molecule has 25 heavy (non-hydrogen) atoms. The number of Topliss-reactive ketones (excluding diaryl/α,β-unsaturated/α-hetero) is 1. The van der Waals surface area contributed by atoms with Crippen molar-refractivity contribution < 1.29 is 19.5 Å². The first kappa shape index (κ1) is 17.7. The third kappa shape index (κ3) is 3.49. The van der Waals surface area contributed by atoms with Crippen molar-refractivity contribution in [1.29, 1.82) is 0 Å². The van der Waals surface area contributed by atoms with Gasteiger partial charge in [0.05, 0.1) is 26.3 Å². The van der Waals surface area contributed by atoms with Crippen LogP contribution in [-0.4, -0.2) is 35.7 Å². The van der Waals surface area contributed by atoms with Crippen molar-refractivity contribution in [2.45, 2.75) is 23.9 Å². The first-order valence-corrected chi connectivity index (χ1v) is 8.40. The Kier molecular flexibility index (Phi) is 5.27. The Bertz CT molecular complexity index is 732. The van der Waals surface area contributed by atoms with Crippen molar-refractivity contribution in [3.63, 3.8) is 0 Å². The quantitative estimate of drug-likeness (QED) is 0.840. The third-order valence-corrected chi connectivity index (χ3v) is 5.02. The van der Waals surface area contributed by atoms with Crippen molar-refractivity contribution in [3.8, 4) is 11.5 Å². The molecule has 1 aliphatic heterocycles. The SMILES string of the molecule is COc1ccc(C2CC(=O)C(Cl)C(c3ccc(OC)cc3)N2O)cc1. The summed E-state index contributed by atoms with van der Waals surface area (Å²) >= 11 is 6.33. The second kappa shape index (κ2) is 7.44. The molecule has 1 fully saturated rings. The zero-order valence-corrected chi connectivity index (χ0v) is 14.8. The highest BCUT2D eigenvalue weighted by molar-refractivity contribution is 6.32. The summed E-state index contributed by atoms with van der Waals surface area (Å²) in [5, 5.41) is 11.2. The predicted molar refractivity (Wildman–Crippen MR) is 94.4 cm³/mol. The number of ketones is 1. The van der Waals surface area contributed by atoms with Gasteiger partial charge in [-0.15, -0.1) is 11.6 Å². The van der Waals surface area contributed by atoms with Crippen LogP contribution < -0.4 is 9.47 Å². The van der Waals surface area contributed by atoms with Crippen LogP contribution in [0.25, 0.3) is 0 Å². The molecule has 0 amide bonds. The standard InChI is InChI=1S/C19H20ClNO4/c1-24-14-7-3-12(4-8-14)16-11-17(22)18(20)19(21(16)23)13-5-9-15(25-2)10-6-13/h3-10,16,18-19,23H,11H2,1-2H3. The van der Waals surface area contributed by atoms with E-state index in [-0.39, 0.29) is 12.2 Å². The topological polar surface area (TPSA) is 59.0 Å². The molecular weight excluding hydrogens is 342 g/mol. The van der Waals surface area contributed by atoms with Crippen molar-refractivity contribution in [3.05, 3.63) is 59.7 Å². The van der Waals surface area contributed by atoms with E-state index in [9.17, 15) is 10.0 Å². The number of piperidine rings is 1. The first-order valence-electron chi connectivity index (χ1n) is 7.97. The first-order chi connectivity index (χ1) is 12.0. The summed E-state index contributed by atoms with van der Waals surface area (Å²) in [4.78, 5) is 12.4. The summed E-state index contributed by atoms with van der Waals surface area (Å²) in [5.41, 5.74) is 1.59. The van der Waals surface area contributed by atoms with Crippen LogP contribution in [0.5, 0.6) is 11.5 Å². The number of carbonyl (C=O) groups excluding carboxylic acids is 1. The van der Waals surface area contributed by atoms with E-state index in [1.165, 1.54) is 5.06 Å². The highest BCUT2D eigenvalue weighted by atomic mass is 35.5. The number of nitrogens with zero attached hydrogens (tertiary/aromatic N) is 1. The van der Waals surface area contributed by atoms with Gasteiger partial charge in [0.2, 0.25) is 0 Å². The molecule has 2 aromatic rings. The van der Waals surface area contributed by atoms with Crippen LogP contribution in [0.4, 0.5) is 0 Å². The molecule has 3 rings (SSSR count). The number of ether oxygens (including phenoxy) is 2.